The molecule has 1 unspecified atom stereocenters. The Kier molecular flexibility index (Phi) is 1.04. The van der Waals surface area contributed by atoms with Gasteiger partial charge in [0.05, 0.1) is 6.04 Å². The van der Waals surface area contributed by atoms with Gasteiger partial charge >= 0.3 is 0 Å². The van der Waals surface area contributed by atoms with Crippen molar-refractivity contribution in [3.05, 3.63) is 48.8 Å². The van der Waals surface area contributed by atoms with E-state index >= 15 is 0 Å². The fourth-order valence-corrected chi connectivity index (χ4v) is 1.14. The lowest BCUT2D eigenvalue weighted by Crippen LogP contribution is -2.11. The van der Waals surface area contributed by atoms with Gasteiger partial charge in [-0.15, -0.1) is 0 Å². The van der Waals surface area contributed by atoms with Crippen LogP contribution in [-0.2, 0) is 0 Å². The lowest BCUT2D eigenvalue weighted by Gasteiger charge is -2.22. The topological polar surface area (TPSA) is 4.93 Å². The number of rotatable bonds is 1. The molecule has 1 aromatic heterocycles. The van der Waals surface area contributed by atoms with Crippen LogP contribution >= 0.6 is 0 Å². The summed E-state index contributed by atoms with van der Waals surface area (Å²) < 4.78 is 2.14. The van der Waals surface area contributed by atoms with Crippen molar-refractivity contribution in [2.75, 3.05) is 0 Å². The molecule has 0 spiro atoms. The molecule has 50 valence electrons. The van der Waals surface area contributed by atoms with Gasteiger partial charge in [-0.3, -0.25) is 0 Å². The Morgan fingerprint density at radius 1 is 1.30 bits per heavy atom. The first-order valence-electron chi connectivity index (χ1n) is 3.37. The molecule has 1 heterocycles. The van der Waals surface area contributed by atoms with Crippen molar-refractivity contribution in [3.8, 4) is 0 Å². The fourth-order valence-electron chi connectivity index (χ4n) is 1.14. The number of allylic oxidation sites excluding steroid dienone is 3. The van der Waals surface area contributed by atoms with Crippen LogP contribution < -0.4 is 0 Å². The van der Waals surface area contributed by atoms with E-state index in [1.165, 1.54) is 5.57 Å². The van der Waals surface area contributed by atoms with Crippen LogP contribution in [0.5, 0.6) is 0 Å². The van der Waals surface area contributed by atoms with E-state index in [0.717, 1.165) is 0 Å². The monoisotopic (exact) mass is 131 g/mol. The van der Waals surface area contributed by atoms with Crippen molar-refractivity contribution in [1.82, 2.24) is 4.57 Å². The first-order valence-corrected chi connectivity index (χ1v) is 3.37. The summed E-state index contributed by atoms with van der Waals surface area (Å²) in [5, 5.41) is 0. The number of aromatic nitrogens is 1. The molecule has 0 saturated heterocycles. The second kappa shape index (κ2) is 1.87. The van der Waals surface area contributed by atoms with E-state index in [2.05, 4.69) is 29.6 Å². The van der Waals surface area contributed by atoms with Crippen LogP contribution in [0.2, 0.25) is 0 Å². The van der Waals surface area contributed by atoms with Crippen molar-refractivity contribution < 1.29 is 0 Å². The molecule has 1 aromatic rings. The van der Waals surface area contributed by atoms with Gasteiger partial charge in [-0.1, -0.05) is 18.7 Å². The summed E-state index contributed by atoms with van der Waals surface area (Å²) in [7, 11) is 0. The molecule has 1 nitrogen and oxygen atoms in total. The fraction of sp³-hybridized carbons (Fsp3) is 0.111. The maximum absolute atomic E-state index is 3.89. The molecular formula is C9H9N. The molecule has 10 heavy (non-hydrogen) atoms. The van der Waals surface area contributed by atoms with E-state index in [0.29, 0.717) is 6.04 Å². The normalized spacial score (nSPS) is 22.8. The standard InChI is InChI=1S/C9H9N/c1-8-4-5-9(8)10-6-2-3-7-10/h2-7,9H,1H2. The van der Waals surface area contributed by atoms with Gasteiger partial charge in [0.2, 0.25) is 0 Å². The number of hydrogen-bond donors (Lipinski definition) is 0. The van der Waals surface area contributed by atoms with Gasteiger partial charge in [0.25, 0.3) is 0 Å². The zero-order valence-electron chi connectivity index (χ0n) is 5.70. The zero-order chi connectivity index (χ0) is 6.97. The summed E-state index contributed by atoms with van der Waals surface area (Å²) in [6, 6.07) is 4.48. The lowest BCUT2D eigenvalue weighted by molar-refractivity contribution is 0.676. The van der Waals surface area contributed by atoms with Crippen LogP contribution in [0.3, 0.4) is 0 Å². The first kappa shape index (κ1) is 5.54. The van der Waals surface area contributed by atoms with Gasteiger partial charge in [0.1, 0.15) is 0 Å². The number of nitrogens with zero attached hydrogens (tertiary/aromatic N) is 1. The van der Waals surface area contributed by atoms with Crippen molar-refractivity contribution >= 4 is 0 Å². The SMILES string of the molecule is C=C1C=CC1n1cccc1. The molecule has 0 aliphatic heterocycles. The van der Waals surface area contributed by atoms with Gasteiger partial charge in [0, 0.05) is 12.4 Å². The summed E-state index contributed by atoms with van der Waals surface area (Å²) in [5.74, 6) is 0. The van der Waals surface area contributed by atoms with E-state index in [4.69, 9.17) is 0 Å². The smallest absolute Gasteiger partial charge is 0.0761 e. The van der Waals surface area contributed by atoms with Crippen molar-refractivity contribution in [2.45, 2.75) is 6.04 Å². The average molecular weight is 131 g/mol. The molecular weight excluding hydrogens is 122 g/mol. The van der Waals surface area contributed by atoms with Crippen LogP contribution in [0.4, 0.5) is 0 Å². The van der Waals surface area contributed by atoms with Crippen LogP contribution in [0.25, 0.3) is 0 Å². The lowest BCUT2D eigenvalue weighted by atomic mass is 9.98. The highest BCUT2D eigenvalue weighted by Crippen LogP contribution is 2.27. The van der Waals surface area contributed by atoms with E-state index in [-0.39, 0.29) is 0 Å². The largest absolute Gasteiger partial charge is 0.343 e. The van der Waals surface area contributed by atoms with Gasteiger partial charge in [0.15, 0.2) is 0 Å². The summed E-state index contributed by atoms with van der Waals surface area (Å²) >= 11 is 0. The minimum atomic E-state index is 0.426. The molecule has 0 amide bonds. The molecule has 1 aliphatic carbocycles. The molecule has 0 bridgehead atoms. The predicted octanol–water partition coefficient (Wildman–Crippen LogP) is 2.16. The maximum atomic E-state index is 3.89. The molecule has 0 aromatic carbocycles. The molecule has 0 N–H and O–H groups in total. The molecule has 1 heteroatoms. The molecule has 1 atom stereocenters. The second-order valence-corrected chi connectivity index (χ2v) is 2.51. The van der Waals surface area contributed by atoms with Crippen LogP contribution in [0, 0.1) is 0 Å². The first-order chi connectivity index (χ1) is 4.88. The maximum Gasteiger partial charge on any atom is 0.0761 e. The van der Waals surface area contributed by atoms with Gasteiger partial charge in [-0.2, -0.15) is 0 Å². The van der Waals surface area contributed by atoms with Crippen molar-refractivity contribution in [1.29, 1.82) is 0 Å². The van der Waals surface area contributed by atoms with Gasteiger partial charge in [-0.05, 0) is 17.7 Å². The Morgan fingerprint density at radius 3 is 2.40 bits per heavy atom. The summed E-state index contributed by atoms with van der Waals surface area (Å²) in [4.78, 5) is 0. The molecule has 0 radical (unpaired) electrons. The summed E-state index contributed by atoms with van der Waals surface area (Å²) in [6.07, 6.45) is 8.30. The third-order valence-electron chi connectivity index (χ3n) is 1.82. The van der Waals surface area contributed by atoms with E-state index in [9.17, 15) is 0 Å². The molecule has 0 saturated carbocycles. The quantitative estimate of drug-likeness (QED) is 0.550. The van der Waals surface area contributed by atoms with E-state index in [1.807, 2.05) is 18.2 Å². The minimum Gasteiger partial charge on any atom is -0.343 e. The van der Waals surface area contributed by atoms with Crippen LogP contribution in [-0.4, -0.2) is 4.57 Å². The van der Waals surface area contributed by atoms with Gasteiger partial charge in [-0.25, -0.2) is 0 Å². The van der Waals surface area contributed by atoms with Crippen LogP contribution in [0.1, 0.15) is 6.04 Å². The summed E-state index contributed by atoms with van der Waals surface area (Å²) in [6.45, 7) is 3.89. The Labute approximate surface area is 60.3 Å². The van der Waals surface area contributed by atoms with Crippen molar-refractivity contribution in [3.63, 3.8) is 0 Å². The minimum absolute atomic E-state index is 0.426. The average Bonchev–Trinajstić information content (AvgIpc) is 2.37. The Bertz CT molecular complexity index is 267. The predicted molar refractivity (Wildman–Crippen MR) is 41.7 cm³/mol. The highest BCUT2D eigenvalue weighted by molar-refractivity contribution is 5.35. The Hall–Kier alpha value is -1.24. The van der Waals surface area contributed by atoms with Crippen molar-refractivity contribution in [2.24, 2.45) is 0 Å². The Balaban J connectivity index is 2.31. The molecule has 1 aliphatic rings. The second-order valence-electron chi connectivity index (χ2n) is 2.51. The van der Waals surface area contributed by atoms with E-state index < -0.39 is 0 Å². The highest BCUT2D eigenvalue weighted by atomic mass is 15.0. The zero-order valence-corrected chi connectivity index (χ0v) is 5.70. The molecule has 0 fully saturated rings. The summed E-state index contributed by atoms with van der Waals surface area (Å²) in [5.41, 5.74) is 1.19. The Morgan fingerprint density at radius 2 is 2.00 bits per heavy atom. The molecule has 2 rings (SSSR count). The highest BCUT2D eigenvalue weighted by Gasteiger charge is 2.14. The van der Waals surface area contributed by atoms with Gasteiger partial charge < -0.3 is 4.57 Å². The third kappa shape index (κ3) is 0.637. The van der Waals surface area contributed by atoms with E-state index in [1.54, 1.807) is 0 Å². The van der Waals surface area contributed by atoms with Crippen LogP contribution in [0.15, 0.2) is 48.8 Å². The third-order valence-corrected chi connectivity index (χ3v) is 1.82. The number of hydrogen-bond acceptors (Lipinski definition) is 0.